The number of halogens is 1. The van der Waals surface area contributed by atoms with Crippen LogP contribution in [0.5, 0.6) is 16.7 Å². The molecule has 1 aliphatic rings. The molecule has 0 radical (unpaired) electrons. The van der Waals surface area contributed by atoms with Crippen LogP contribution in [0.1, 0.15) is 30.2 Å². The Morgan fingerprint density at radius 3 is 2.97 bits per heavy atom. The highest BCUT2D eigenvalue weighted by atomic mass is 35.5. The van der Waals surface area contributed by atoms with Crippen LogP contribution in [-0.2, 0) is 11.2 Å². The molecule has 1 N–H and O–H groups in total. The van der Waals surface area contributed by atoms with Gasteiger partial charge in [-0.1, -0.05) is 35.1 Å². The van der Waals surface area contributed by atoms with Gasteiger partial charge in [0.25, 0.3) is 5.19 Å². The standard InChI is InChI=1S/C24H24ClN3O3S/c1-16(28-23(29)11-18-3-2-10-26-13-18)4-8-20-14-27-24(32-20)31-22-9-7-19(12-21(22)25)30-15-17-5-6-17/h2-4,7-10,12-14,16-17H,5-6,11,15H2,1H3,(H,28,29)/t16-/m0/s1. The van der Waals surface area contributed by atoms with Crippen LogP contribution in [0.4, 0.5) is 0 Å². The lowest BCUT2D eigenvalue weighted by Crippen LogP contribution is -2.32. The number of nitrogens with zero attached hydrogens (tertiary/aromatic N) is 2. The molecule has 166 valence electrons. The zero-order chi connectivity index (χ0) is 22.3. The highest BCUT2D eigenvalue weighted by molar-refractivity contribution is 7.14. The van der Waals surface area contributed by atoms with Gasteiger partial charge in [-0.3, -0.25) is 9.78 Å². The molecule has 0 saturated heterocycles. The Bertz CT molecular complexity index is 1080. The number of nitrogens with one attached hydrogen (secondary N) is 1. The number of pyridine rings is 1. The summed E-state index contributed by atoms with van der Waals surface area (Å²) in [5.41, 5.74) is 0.881. The van der Waals surface area contributed by atoms with Crippen molar-refractivity contribution in [3.8, 4) is 16.7 Å². The summed E-state index contributed by atoms with van der Waals surface area (Å²) in [6.07, 6.45) is 11.7. The second kappa shape index (κ2) is 10.6. The molecule has 0 spiro atoms. The normalized spacial score (nSPS) is 14.3. The Balaban J connectivity index is 1.27. The maximum absolute atomic E-state index is 12.2. The van der Waals surface area contributed by atoms with Crippen LogP contribution in [0.25, 0.3) is 6.08 Å². The maximum atomic E-state index is 12.2. The van der Waals surface area contributed by atoms with E-state index in [4.69, 9.17) is 21.1 Å². The van der Waals surface area contributed by atoms with E-state index in [-0.39, 0.29) is 11.9 Å². The van der Waals surface area contributed by atoms with Gasteiger partial charge in [-0.05, 0) is 55.5 Å². The molecule has 3 aromatic rings. The van der Waals surface area contributed by atoms with Crippen molar-refractivity contribution in [1.82, 2.24) is 15.3 Å². The van der Waals surface area contributed by atoms with E-state index in [9.17, 15) is 4.79 Å². The van der Waals surface area contributed by atoms with Gasteiger partial charge in [0.2, 0.25) is 5.91 Å². The van der Waals surface area contributed by atoms with Gasteiger partial charge in [-0.2, -0.15) is 0 Å². The van der Waals surface area contributed by atoms with E-state index < -0.39 is 0 Å². The lowest BCUT2D eigenvalue weighted by Gasteiger charge is -2.09. The summed E-state index contributed by atoms with van der Waals surface area (Å²) in [4.78, 5) is 21.4. The van der Waals surface area contributed by atoms with Crippen molar-refractivity contribution in [3.05, 3.63) is 70.5 Å². The Morgan fingerprint density at radius 2 is 2.22 bits per heavy atom. The van der Waals surface area contributed by atoms with Gasteiger partial charge < -0.3 is 14.8 Å². The van der Waals surface area contributed by atoms with Gasteiger partial charge >= 0.3 is 0 Å². The molecule has 6 nitrogen and oxygen atoms in total. The molecule has 32 heavy (non-hydrogen) atoms. The SMILES string of the molecule is C[C@@H](C=Cc1cnc(Oc2ccc(OCC3CC3)cc2Cl)s1)NC(=O)Cc1cccnc1. The molecular weight excluding hydrogens is 446 g/mol. The second-order valence-electron chi connectivity index (χ2n) is 7.73. The predicted molar refractivity (Wildman–Crippen MR) is 126 cm³/mol. The molecule has 0 unspecified atom stereocenters. The first-order valence-electron chi connectivity index (χ1n) is 10.5. The molecule has 2 heterocycles. The fourth-order valence-electron chi connectivity index (χ4n) is 2.92. The zero-order valence-corrected chi connectivity index (χ0v) is 19.2. The molecule has 2 aromatic heterocycles. The van der Waals surface area contributed by atoms with Crippen LogP contribution in [0.15, 0.2) is 55.0 Å². The topological polar surface area (TPSA) is 73.3 Å². The molecule has 1 amide bonds. The predicted octanol–water partition coefficient (Wildman–Crippen LogP) is 5.53. The molecular formula is C24H24ClN3O3S. The number of ether oxygens (including phenoxy) is 2. The number of hydrogen-bond acceptors (Lipinski definition) is 6. The van der Waals surface area contributed by atoms with Crippen molar-refractivity contribution in [3.63, 3.8) is 0 Å². The van der Waals surface area contributed by atoms with Gasteiger partial charge in [0.1, 0.15) is 11.5 Å². The van der Waals surface area contributed by atoms with E-state index in [1.807, 2.05) is 37.3 Å². The highest BCUT2D eigenvalue weighted by Crippen LogP contribution is 2.35. The summed E-state index contributed by atoms with van der Waals surface area (Å²) in [5.74, 6) is 1.91. The van der Waals surface area contributed by atoms with Gasteiger partial charge in [0.05, 0.1) is 22.9 Å². The summed E-state index contributed by atoms with van der Waals surface area (Å²) in [7, 11) is 0. The number of carbonyl (C=O) groups is 1. The first-order chi connectivity index (χ1) is 15.5. The fraction of sp³-hybridized carbons (Fsp3) is 0.292. The average Bonchev–Trinajstić information content (AvgIpc) is 3.50. The van der Waals surface area contributed by atoms with Crippen molar-refractivity contribution in [2.24, 2.45) is 5.92 Å². The Morgan fingerprint density at radius 1 is 1.34 bits per heavy atom. The Hall–Kier alpha value is -2.90. The van der Waals surface area contributed by atoms with Gasteiger partial charge in [-0.25, -0.2) is 4.98 Å². The number of hydrogen-bond donors (Lipinski definition) is 1. The van der Waals surface area contributed by atoms with Crippen LogP contribution in [0, 0.1) is 5.92 Å². The smallest absolute Gasteiger partial charge is 0.279 e. The van der Waals surface area contributed by atoms with Crippen LogP contribution in [0.3, 0.4) is 0 Å². The third-order valence-corrected chi connectivity index (χ3v) is 5.95. The van der Waals surface area contributed by atoms with E-state index in [1.165, 1.54) is 24.2 Å². The highest BCUT2D eigenvalue weighted by Gasteiger charge is 2.22. The van der Waals surface area contributed by atoms with Crippen molar-refractivity contribution in [2.75, 3.05) is 6.61 Å². The van der Waals surface area contributed by atoms with Crippen LogP contribution >= 0.6 is 22.9 Å². The molecule has 1 fully saturated rings. The minimum absolute atomic E-state index is 0.0531. The lowest BCUT2D eigenvalue weighted by molar-refractivity contribution is -0.120. The largest absolute Gasteiger partial charge is 0.493 e. The molecule has 0 bridgehead atoms. The number of aromatic nitrogens is 2. The maximum Gasteiger partial charge on any atom is 0.279 e. The summed E-state index contributed by atoms with van der Waals surface area (Å²) in [6, 6.07) is 8.99. The van der Waals surface area contributed by atoms with Crippen molar-refractivity contribution in [1.29, 1.82) is 0 Å². The lowest BCUT2D eigenvalue weighted by atomic mass is 10.2. The first kappa shape index (κ1) is 22.3. The third-order valence-electron chi connectivity index (χ3n) is 4.81. The molecule has 0 aliphatic heterocycles. The summed E-state index contributed by atoms with van der Waals surface area (Å²) >= 11 is 7.74. The third kappa shape index (κ3) is 6.80. The molecule has 1 aliphatic carbocycles. The molecule has 1 aromatic carbocycles. The second-order valence-corrected chi connectivity index (χ2v) is 9.16. The number of amides is 1. The minimum atomic E-state index is -0.122. The van der Waals surface area contributed by atoms with E-state index >= 15 is 0 Å². The quantitative estimate of drug-likeness (QED) is 0.422. The Kier molecular flexibility index (Phi) is 7.39. The summed E-state index contributed by atoms with van der Waals surface area (Å²) in [6.45, 7) is 2.66. The monoisotopic (exact) mass is 469 g/mol. The van der Waals surface area contributed by atoms with Crippen LogP contribution < -0.4 is 14.8 Å². The molecule has 4 rings (SSSR count). The van der Waals surface area contributed by atoms with E-state index in [0.717, 1.165) is 22.8 Å². The van der Waals surface area contributed by atoms with Crippen molar-refractivity contribution >= 4 is 34.9 Å². The van der Waals surface area contributed by atoms with E-state index in [1.54, 1.807) is 30.7 Å². The van der Waals surface area contributed by atoms with Crippen LogP contribution in [0.2, 0.25) is 5.02 Å². The minimum Gasteiger partial charge on any atom is -0.493 e. The number of carbonyl (C=O) groups excluding carboxylic acids is 1. The fourth-order valence-corrected chi connectivity index (χ4v) is 3.82. The van der Waals surface area contributed by atoms with Gasteiger partial charge in [0.15, 0.2) is 0 Å². The van der Waals surface area contributed by atoms with Gasteiger partial charge in [-0.15, -0.1) is 0 Å². The van der Waals surface area contributed by atoms with E-state index in [0.29, 0.717) is 28.3 Å². The van der Waals surface area contributed by atoms with Crippen molar-refractivity contribution < 1.29 is 14.3 Å². The summed E-state index contributed by atoms with van der Waals surface area (Å²) in [5, 5.41) is 3.92. The molecule has 8 heteroatoms. The molecule has 1 saturated carbocycles. The Labute approximate surface area is 196 Å². The average molecular weight is 470 g/mol. The van der Waals surface area contributed by atoms with Crippen LogP contribution in [-0.4, -0.2) is 28.5 Å². The van der Waals surface area contributed by atoms with Gasteiger partial charge in [0, 0.05) is 30.7 Å². The number of rotatable bonds is 10. The molecule has 1 atom stereocenters. The number of thiazole rings is 1. The van der Waals surface area contributed by atoms with Crippen molar-refractivity contribution in [2.45, 2.75) is 32.2 Å². The first-order valence-corrected chi connectivity index (χ1v) is 11.7. The number of benzene rings is 1. The van der Waals surface area contributed by atoms with E-state index in [2.05, 4.69) is 15.3 Å². The zero-order valence-electron chi connectivity index (χ0n) is 17.7. The summed E-state index contributed by atoms with van der Waals surface area (Å²) < 4.78 is 11.6.